The Kier molecular flexibility index (Phi) is 2.72. The Bertz CT molecular complexity index is 703. The smallest absolute Gasteiger partial charge is 0.156 e. The van der Waals surface area contributed by atoms with Gasteiger partial charge in [-0.1, -0.05) is 24.3 Å². The van der Waals surface area contributed by atoms with Crippen molar-refractivity contribution in [1.82, 2.24) is 10.2 Å². The van der Waals surface area contributed by atoms with Gasteiger partial charge < -0.3 is 5.32 Å². The fourth-order valence-corrected chi connectivity index (χ4v) is 2.82. The Morgan fingerprint density at radius 1 is 1.06 bits per heavy atom. The van der Waals surface area contributed by atoms with Crippen LogP contribution in [0.3, 0.4) is 0 Å². The lowest BCUT2D eigenvalue weighted by atomic mass is 10.1. The van der Waals surface area contributed by atoms with Gasteiger partial charge >= 0.3 is 0 Å². The number of benzene rings is 1. The van der Waals surface area contributed by atoms with Crippen molar-refractivity contribution in [2.75, 3.05) is 12.4 Å². The fourth-order valence-electron chi connectivity index (χ4n) is 2.12. The molecule has 1 N–H and O–H groups in total. The number of hydrogen-bond donors (Lipinski definition) is 1. The molecule has 0 amide bonds. The molecule has 0 unspecified atom stereocenters. The van der Waals surface area contributed by atoms with Gasteiger partial charge in [0.1, 0.15) is 5.69 Å². The molecule has 0 spiro atoms. The number of aryl methyl sites for hydroxylation is 1. The predicted octanol–water partition coefficient (Wildman–Crippen LogP) is 3.71. The third kappa shape index (κ3) is 1.66. The third-order valence-corrected chi connectivity index (χ3v) is 3.88. The number of aromatic nitrogens is 2. The molecule has 0 radical (unpaired) electrons. The fraction of sp³-hybridized carbons (Fsp3) is 0.143. The Balaban J connectivity index is 2.35. The van der Waals surface area contributed by atoms with E-state index in [0.717, 1.165) is 22.3 Å². The van der Waals surface area contributed by atoms with E-state index in [4.69, 9.17) is 0 Å². The summed E-state index contributed by atoms with van der Waals surface area (Å²) in [6.07, 6.45) is 0. The maximum Gasteiger partial charge on any atom is 0.156 e. The third-order valence-electron chi connectivity index (χ3n) is 3.04. The van der Waals surface area contributed by atoms with E-state index in [1.54, 1.807) is 11.3 Å². The maximum absolute atomic E-state index is 4.38. The minimum atomic E-state index is 0.822. The van der Waals surface area contributed by atoms with Crippen molar-refractivity contribution in [2.45, 2.75) is 6.92 Å². The molecule has 0 bridgehead atoms. The molecule has 0 atom stereocenters. The van der Waals surface area contributed by atoms with Gasteiger partial charge in [0.15, 0.2) is 5.82 Å². The molecule has 0 saturated carbocycles. The zero-order chi connectivity index (χ0) is 12.5. The zero-order valence-electron chi connectivity index (χ0n) is 10.3. The van der Waals surface area contributed by atoms with Crippen LogP contribution >= 0.6 is 11.3 Å². The summed E-state index contributed by atoms with van der Waals surface area (Å²) in [5.41, 5.74) is 2.13. The van der Waals surface area contributed by atoms with Crippen LogP contribution in [0.1, 0.15) is 4.88 Å². The van der Waals surface area contributed by atoms with Crippen molar-refractivity contribution >= 4 is 27.9 Å². The SMILES string of the molecule is CNc1nnc(-c2ccsc2C)c2ccccc12. The molecule has 18 heavy (non-hydrogen) atoms. The second kappa shape index (κ2) is 4.38. The Morgan fingerprint density at radius 3 is 2.50 bits per heavy atom. The van der Waals surface area contributed by atoms with Crippen molar-refractivity contribution in [2.24, 2.45) is 0 Å². The van der Waals surface area contributed by atoms with Crippen LogP contribution in [0, 0.1) is 6.92 Å². The van der Waals surface area contributed by atoms with Crippen molar-refractivity contribution in [3.8, 4) is 11.3 Å². The predicted molar refractivity (Wildman–Crippen MR) is 77.1 cm³/mol. The number of nitrogens with one attached hydrogen (secondary N) is 1. The van der Waals surface area contributed by atoms with Gasteiger partial charge in [0, 0.05) is 28.3 Å². The standard InChI is InChI=1S/C14H13N3S/c1-9-10(7-8-18-9)13-11-5-3-4-6-12(11)14(15-2)17-16-13/h3-8H,1-2H3,(H,15,17). The van der Waals surface area contributed by atoms with Gasteiger partial charge in [0.05, 0.1) is 0 Å². The highest BCUT2D eigenvalue weighted by Gasteiger charge is 2.12. The van der Waals surface area contributed by atoms with Gasteiger partial charge in [-0.05, 0) is 18.4 Å². The molecule has 0 aliphatic carbocycles. The van der Waals surface area contributed by atoms with E-state index in [-0.39, 0.29) is 0 Å². The maximum atomic E-state index is 4.38. The summed E-state index contributed by atoms with van der Waals surface area (Å²) in [5.74, 6) is 0.822. The molecule has 1 aromatic carbocycles. The Labute approximate surface area is 109 Å². The van der Waals surface area contributed by atoms with Crippen LogP contribution in [0.4, 0.5) is 5.82 Å². The van der Waals surface area contributed by atoms with Gasteiger partial charge in [-0.3, -0.25) is 0 Å². The van der Waals surface area contributed by atoms with Crippen LogP contribution < -0.4 is 5.32 Å². The van der Waals surface area contributed by atoms with E-state index in [1.807, 2.05) is 19.2 Å². The molecule has 2 heterocycles. The number of hydrogen-bond acceptors (Lipinski definition) is 4. The first kappa shape index (κ1) is 11.2. The zero-order valence-corrected chi connectivity index (χ0v) is 11.1. The molecule has 2 aromatic heterocycles. The summed E-state index contributed by atoms with van der Waals surface area (Å²) < 4.78 is 0. The molecule has 0 aliphatic rings. The minimum absolute atomic E-state index is 0.822. The van der Waals surface area contributed by atoms with Crippen molar-refractivity contribution in [3.63, 3.8) is 0 Å². The average molecular weight is 255 g/mol. The lowest BCUT2D eigenvalue weighted by Crippen LogP contribution is -1.98. The van der Waals surface area contributed by atoms with Gasteiger partial charge in [-0.15, -0.1) is 21.5 Å². The highest BCUT2D eigenvalue weighted by Crippen LogP contribution is 2.33. The van der Waals surface area contributed by atoms with Gasteiger partial charge in [0.2, 0.25) is 0 Å². The molecule has 90 valence electrons. The number of nitrogens with zero attached hydrogens (tertiary/aromatic N) is 2. The first-order valence-corrected chi connectivity index (χ1v) is 6.67. The summed E-state index contributed by atoms with van der Waals surface area (Å²) in [6, 6.07) is 10.3. The van der Waals surface area contributed by atoms with Crippen LogP contribution in [-0.2, 0) is 0 Å². The Hall–Kier alpha value is -1.94. The van der Waals surface area contributed by atoms with E-state index in [2.05, 4.69) is 46.0 Å². The molecule has 0 fully saturated rings. The number of rotatable bonds is 2. The number of anilines is 1. The highest BCUT2D eigenvalue weighted by molar-refractivity contribution is 7.10. The van der Waals surface area contributed by atoms with E-state index in [9.17, 15) is 0 Å². The molecule has 3 nitrogen and oxygen atoms in total. The van der Waals surface area contributed by atoms with E-state index in [0.29, 0.717) is 0 Å². The van der Waals surface area contributed by atoms with E-state index in [1.165, 1.54) is 10.4 Å². The van der Waals surface area contributed by atoms with E-state index < -0.39 is 0 Å². The van der Waals surface area contributed by atoms with Crippen LogP contribution in [0.5, 0.6) is 0 Å². The second-order valence-corrected chi connectivity index (χ2v) is 5.20. The van der Waals surface area contributed by atoms with Crippen molar-refractivity contribution < 1.29 is 0 Å². The van der Waals surface area contributed by atoms with Crippen molar-refractivity contribution in [3.05, 3.63) is 40.6 Å². The van der Waals surface area contributed by atoms with Gasteiger partial charge in [0.25, 0.3) is 0 Å². The molecular formula is C14H13N3S. The first-order chi connectivity index (χ1) is 8.81. The van der Waals surface area contributed by atoms with Crippen LogP contribution in [0.2, 0.25) is 0 Å². The molecule has 3 aromatic rings. The molecule has 0 saturated heterocycles. The Morgan fingerprint density at radius 2 is 1.83 bits per heavy atom. The molecule has 4 heteroatoms. The molecular weight excluding hydrogens is 242 g/mol. The topological polar surface area (TPSA) is 37.8 Å². The van der Waals surface area contributed by atoms with Gasteiger partial charge in [-0.2, -0.15) is 0 Å². The lowest BCUT2D eigenvalue weighted by Gasteiger charge is -2.08. The van der Waals surface area contributed by atoms with Crippen LogP contribution in [-0.4, -0.2) is 17.2 Å². The minimum Gasteiger partial charge on any atom is -0.371 e. The first-order valence-electron chi connectivity index (χ1n) is 5.79. The van der Waals surface area contributed by atoms with Gasteiger partial charge in [-0.25, -0.2) is 0 Å². The molecule has 3 rings (SSSR count). The lowest BCUT2D eigenvalue weighted by molar-refractivity contribution is 1.05. The largest absolute Gasteiger partial charge is 0.371 e. The molecule has 0 aliphatic heterocycles. The summed E-state index contributed by atoms with van der Waals surface area (Å²) in [5, 5.41) is 16.1. The summed E-state index contributed by atoms with van der Waals surface area (Å²) in [7, 11) is 1.87. The summed E-state index contributed by atoms with van der Waals surface area (Å²) in [4.78, 5) is 1.27. The monoisotopic (exact) mass is 255 g/mol. The normalized spacial score (nSPS) is 10.8. The number of thiophene rings is 1. The van der Waals surface area contributed by atoms with Crippen molar-refractivity contribution in [1.29, 1.82) is 0 Å². The summed E-state index contributed by atoms with van der Waals surface area (Å²) in [6.45, 7) is 2.11. The number of fused-ring (bicyclic) bond motifs is 1. The van der Waals surface area contributed by atoms with Crippen LogP contribution in [0.25, 0.3) is 22.0 Å². The quantitative estimate of drug-likeness (QED) is 0.758. The average Bonchev–Trinajstić information content (AvgIpc) is 2.83. The summed E-state index contributed by atoms with van der Waals surface area (Å²) >= 11 is 1.73. The highest BCUT2D eigenvalue weighted by atomic mass is 32.1. The van der Waals surface area contributed by atoms with E-state index >= 15 is 0 Å². The second-order valence-electron chi connectivity index (χ2n) is 4.08. The van der Waals surface area contributed by atoms with Crippen LogP contribution in [0.15, 0.2) is 35.7 Å².